The molecule has 1 fully saturated rings. The van der Waals surface area contributed by atoms with Crippen molar-refractivity contribution in [1.82, 2.24) is 14.8 Å². The number of hydrogen-bond donors (Lipinski definition) is 0. The molecular weight excluding hydrogens is 383 g/mol. The van der Waals surface area contributed by atoms with Crippen LogP contribution in [0.5, 0.6) is 0 Å². The van der Waals surface area contributed by atoms with Gasteiger partial charge in [0.25, 0.3) is 5.82 Å². The van der Waals surface area contributed by atoms with Crippen molar-refractivity contribution in [3.63, 3.8) is 0 Å². The lowest BCUT2D eigenvalue weighted by Crippen LogP contribution is -2.31. The first-order chi connectivity index (χ1) is 13.3. The summed E-state index contributed by atoms with van der Waals surface area (Å²) in [6.07, 6.45) is -0.933. The van der Waals surface area contributed by atoms with Crippen molar-refractivity contribution >= 4 is 13.1 Å². The summed E-state index contributed by atoms with van der Waals surface area (Å²) in [4.78, 5) is 16.4. The Bertz CT molecular complexity index is 920. The third-order valence-electron chi connectivity index (χ3n) is 4.17. The first kappa shape index (κ1) is 20.2. The van der Waals surface area contributed by atoms with Crippen molar-refractivity contribution in [2.75, 3.05) is 19.7 Å². The van der Waals surface area contributed by atoms with Gasteiger partial charge in [-0.05, 0) is 25.5 Å². The Hall–Kier alpha value is -2.53. The smallest absolute Gasteiger partial charge is 0.338 e. The largest absolute Gasteiger partial charge is 0.453 e. The van der Waals surface area contributed by atoms with Crippen LogP contribution in [0.3, 0.4) is 0 Å². The SMILES string of the molecule is C[C@@H]1[C@@H](OCP(C)(C)=O)O[C@@H](n2cnc(C#N)n2)[C@@H]1OC(=O)c1ccccc1. The molecule has 0 bridgehead atoms. The molecule has 3 rings (SSSR count). The summed E-state index contributed by atoms with van der Waals surface area (Å²) in [5.41, 5.74) is 0.403. The Morgan fingerprint density at radius 1 is 1.36 bits per heavy atom. The number of carbonyl (C=O) groups excluding carboxylic acids is 1. The molecule has 1 aliphatic heterocycles. The van der Waals surface area contributed by atoms with Crippen LogP contribution in [0.4, 0.5) is 0 Å². The molecule has 0 radical (unpaired) electrons. The van der Waals surface area contributed by atoms with E-state index < -0.39 is 31.7 Å². The second kappa shape index (κ2) is 8.23. The van der Waals surface area contributed by atoms with Gasteiger partial charge >= 0.3 is 5.97 Å². The van der Waals surface area contributed by atoms with Crippen molar-refractivity contribution in [2.24, 2.45) is 5.92 Å². The van der Waals surface area contributed by atoms with Gasteiger partial charge in [0.15, 0.2) is 18.6 Å². The lowest BCUT2D eigenvalue weighted by molar-refractivity contribution is -0.156. The molecule has 0 unspecified atom stereocenters. The van der Waals surface area contributed by atoms with Gasteiger partial charge in [0, 0.05) is 5.92 Å². The molecule has 1 aromatic carbocycles. The number of aromatic nitrogens is 3. The number of ether oxygens (including phenoxy) is 3. The minimum absolute atomic E-state index is 0.0274. The first-order valence-corrected chi connectivity index (χ1v) is 11.5. The lowest BCUT2D eigenvalue weighted by Gasteiger charge is -2.21. The average Bonchev–Trinajstić information content (AvgIpc) is 3.25. The summed E-state index contributed by atoms with van der Waals surface area (Å²) < 4.78 is 30.6. The van der Waals surface area contributed by atoms with E-state index in [1.807, 2.05) is 13.0 Å². The maximum Gasteiger partial charge on any atom is 0.338 e. The number of nitrogens with zero attached hydrogens (tertiary/aromatic N) is 4. The molecular formula is C18H21N4O5P. The van der Waals surface area contributed by atoms with E-state index in [-0.39, 0.29) is 18.1 Å². The Morgan fingerprint density at radius 3 is 2.68 bits per heavy atom. The van der Waals surface area contributed by atoms with E-state index in [0.717, 1.165) is 0 Å². The van der Waals surface area contributed by atoms with Crippen molar-refractivity contribution in [1.29, 1.82) is 5.26 Å². The molecule has 2 aromatic rings. The predicted molar refractivity (Wildman–Crippen MR) is 98.9 cm³/mol. The fourth-order valence-electron chi connectivity index (χ4n) is 2.79. The van der Waals surface area contributed by atoms with E-state index in [0.29, 0.717) is 5.56 Å². The van der Waals surface area contributed by atoms with Crippen molar-refractivity contribution in [3.8, 4) is 6.07 Å². The third-order valence-corrected chi connectivity index (χ3v) is 4.94. The number of hydrogen-bond acceptors (Lipinski definition) is 8. The molecule has 0 aliphatic carbocycles. The van der Waals surface area contributed by atoms with E-state index in [9.17, 15) is 9.36 Å². The second-order valence-corrected chi connectivity index (χ2v) is 10.4. The zero-order chi connectivity index (χ0) is 20.3. The highest BCUT2D eigenvalue weighted by Gasteiger charge is 2.47. The highest BCUT2D eigenvalue weighted by molar-refractivity contribution is 7.62. The molecule has 0 amide bonds. The van der Waals surface area contributed by atoms with Crippen LogP contribution in [0.15, 0.2) is 36.7 Å². The van der Waals surface area contributed by atoms with Gasteiger partial charge in [-0.1, -0.05) is 25.1 Å². The van der Waals surface area contributed by atoms with Crippen LogP contribution >= 0.6 is 7.14 Å². The highest BCUT2D eigenvalue weighted by Crippen LogP contribution is 2.41. The molecule has 148 valence electrons. The lowest BCUT2D eigenvalue weighted by atomic mass is 10.1. The number of rotatable bonds is 6. The van der Waals surface area contributed by atoms with Gasteiger partial charge in [0.2, 0.25) is 0 Å². The molecule has 4 atom stereocenters. The quantitative estimate of drug-likeness (QED) is 0.532. The zero-order valence-corrected chi connectivity index (χ0v) is 16.7. The minimum atomic E-state index is -2.42. The Morgan fingerprint density at radius 2 is 2.07 bits per heavy atom. The van der Waals surface area contributed by atoms with Crippen LogP contribution in [0.1, 0.15) is 29.3 Å². The number of carbonyl (C=O) groups is 1. The topological polar surface area (TPSA) is 116 Å². The summed E-state index contributed by atoms with van der Waals surface area (Å²) in [6, 6.07) is 10.4. The van der Waals surface area contributed by atoms with Gasteiger partial charge in [0.05, 0.1) is 5.56 Å². The molecule has 0 spiro atoms. The van der Waals surface area contributed by atoms with Crippen LogP contribution in [-0.2, 0) is 18.8 Å². The molecule has 0 saturated carbocycles. The maximum atomic E-state index is 12.5. The Kier molecular flexibility index (Phi) is 5.94. The minimum Gasteiger partial charge on any atom is -0.453 e. The van der Waals surface area contributed by atoms with Crippen LogP contribution in [-0.4, -0.2) is 52.8 Å². The third kappa shape index (κ3) is 4.65. The average molecular weight is 404 g/mol. The zero-order valence-electron chi connectivity index (χ0n) is 15.8. The Labute approximate surface area is 162 Å². The summed E-state index contributed by atoms with van der Waals surface area (Å²) >= 11 is 0. The predicted octanol–water partition coefficient (Wildman–Crippen LogP) is 2.46. The summed E-state index contributed by atoms with van der Waals surface area (Å²) in [6.45, 7) is 5.05. The fourth-order valence-corrected chi connectivity index (χ4v) is 3.30. The maximum absolute atomic E-state index is 12.5. The van der Waals surface area contributed by atoms with Crippen LogP contribution in [0.2, 0.25) is 0 Å². The monoisotopic (exact) mass is 404 g/mol. The van der Waals surface area contributed by atoms with Gasteiger partial charge in [-0.2, -0.15) is 5.26 Å². The van der Waals surface area contributed by atoms with Gasteiger partial charge < -0.3 is 18.8 Å². The van der Waals surface area contributed by atoms with E-state index in [2.05, 4.69) is 10.1 Å². The van der Waals surface area contributed by atoms with Gasteiger partial charge in [-0.15, -0.1) is 5.10 Å². The molecule has 0 N–H and O–H groups in total. The summed E-state index contributed by atoms with van der Waals surface area (Å²) in [7, 11) is -2.42. The highest BCUT2D eigenvalue weighted by atomic mass is 31.2. The van der Waals surface area contributed by atoms with E-state index in [1.165, 1.54) is 11.0 Å². The van der Waals surface area contributed by atoms with E-state index in [1.54, 1.807) is 43.7 Å². The van der Waals surface area contributed by atoms with Crippen molar-refractivity contribution in [2.45, 2.75) is 25.5 Å². The standard InChI is InChI=1S/C18H21N4O5P/c1-12-15(26-17(23)13-7-5-4-6-8-13)16(22-10-20-14(9-19)21-22)27-18(12)25-11-28(2,3)24/h4-8,10,12,15-16,18H,11H2,1-3H3/t12-,15+,16+,18-/m0/s1. The van der Waals surface area contributed by atoms with Crippen molar-refractivity contribution < 1.29 is 23.6 Å². The molecule has 2 heterocycles. The molecule has 1 aromatic heterocycles. The molecule has 1 aliphatic rings. The molecule has 9 nitrogen and oxygen atoms in total. The van der Waals surface area contributed by atoms with Gasteiger partial charge in [-0.3, -0.25) is 0 Å². The fraction of sp³-hybridized carbons (Fsp3) is 0.444. The normalized spacial score (nSPS) is 24.6. The molecule has 10 heteroatoms. The molecule has 1 saturated heterocycles. The summed E-state index contributed by atoms with van der Waals surface area (Å²) in [5.74, 6) is -0.900. The van der Waals surface area contributed by atoms with Crippen LogP contribution in [0, 0.1) is 17.2 Å². The van der Waals surface area contributed by atoms with Crippen LogP contribution in [0.25, 0.3) is 0 Å². The van der Waals surface area contributed by atoms with E-state index >= 15 is 0 Å². The van der Waals surface area contributed by atoms with Gasteiger partial charge in [0.1, 0.15) is 25.9 Å². The summed E-state index contributed by atoms with van der Waals surface area (Å²) in [5, 5.41) is 13.0. The molecule has 28 heavy (non-hydrogen) atoms. The van der Waals surface area contributed by atoms with Crippen LogP contribution < -0.4 is 0 Å². The van der Waals surface area contributed by atoms with E-state index in [4.69, 9.17) is 19.5 Å². The van der Waals surface area contributed by atoms with Crippen molar-refractivity contribution in [3.05, 3.63) is 48.0 Å². The number of esters is 1. The number of benzene rings is 1. The number of nitriles is 1. The van der Waals surface area contributed by atoms with Gasteiger partial charge in [-0.25, -0.2) is 14.5 Å². The first-order valence-electron chi connectivity index (χ1n) is 8.67. The second-order valence-electron chi connectivity index (χ2n) is 7.02. The Balaban J connectivity index is 1.82.